The maximum Gasteiger partial charge on any atom is 0.281 e. The van der Waals surface area contributed by atoms with Gasteiger partial charge in [-0.1, -0.05) is 58.5 Å². The van der Waals surface area contributed by atoms with Gasteiger partial charge >= 0.3 is 0 Å². The van der Waals surface area contributed by atoms with Gasteiger partial charge in [-0.3, -0.25) is 14.6 Å². The molecule has 5 aromatic rings. The average Bonchev–Trinajstić information content (AvgIpc) is 2.88. The molecule has 3 aromatic heterocycles. The molecule has 5 rings (SSSR count). The number of hydrogen-bond donors (Lipinski definition) is 1. The van der Waals surface area contributed by atoms with Crippen LogP contribution >= 0.6 is 78.3 Å². The molecule has 6 nitrogen and oxygen atoms in total. The van der Waals surface area contributed by atoms with Gasteiger partial charge in [0.1, 0.15) is 12.2 Å². The van der Waals surface area contributed by atoms with E-state index in [2.05, 4.69) is 41.8 Å². The number of primary amides is 1. The van der Waals surface area contributed by atoms with E-state index in [1.807, 2.05) is 18.3 Å². The second-order valence-corrected chi connectivity index (χ2v) is 11.5. The van der Waals surface area contributed by atoms with E-state index in [9.17, 15) is 9.59 Å². The molecule has 39 heavy (non-hydrogen) atoms. The van der Waals surface area contributed by atoms with E-state index < -0.39 is 11.8 Å². The molecule has 2 N–H and O–H groups in total. The molecule has 2 aromatic carbocycles. The SMILES string of the molecule is NC(=O)C(c1ccc(Br)cn1)c1c(Cl)cccc1Cl.O=c1ncn2cc(Br)ccc2c1-c1c(Cl)cccc1Cl. The van der Waals surface area contributed by atoms with Crippen molar-refractivity contribution >= 4 is 89.7 Å². The highest BCUT2D eigenvalue weighted by Crippen LogP contribution is 2.36. The van der Waals surface area contributed by atoms with E-state index in [4.69, 9.17) is 52.1 Å². The highest BCUT2D eigenvalue weighted by atomic mass is 79.9. The number of amides is 1. The molecular weight excluding hydrogens is 714 g/mol. The number of halogens is 6. The fourth-order valence-corrected chi connectivity index (χ4v) is 5.63. The Morgan fingerprint density at radius 2 is 1.38 bits per heavy atom. The molecular formula is C27H16Br2Cl4N4O2. The number of carbonyl (C=O) groups excluding carboxylic acids is 1. The molecule has 0 spiro atoms. The van der Waals surface area contributed by atoms with Crippen molar-refractivity contribution in [3.8, 4) is 11.1 Å². The Kier molecular flexibility index (Phi) is 9.69. The van der Waals surface area contributed by atoms with Crippen LogP contribution in [0.15, 0.2) is 93.1 Å². The van der Waals surface area contributed by atoms with Gasteiger partial charge in [0.2, 0.25) is 5.91 Å². The van der Waals surface area contributed by atoms with Crippen LogP contribution in [-0.4, -0.2) is 20.3 Å². The molecule has 198 valence electrons. The van der Waals surface area contributed by atoms with Crippen LogP contribution in [0.2, 0.25) is 20.1 Å². The summed E-state index contributed by atoms with van der Waals surface area (Å²) >= 11 is 31.3. The number of pyridine rings is 2. The van der Waals surface area contributed by atoms with Crippen LogP contribution in [0.25, 0.3) is 16.6 Å². The predicted molar refractivity (Wildman–Crippen MR) is 164 cm³/mol. The van der Waals surface area contributed by atoms with Gasteiger partial charge in [0.25, 0.3) is 5.56 Å². The van der Waals surface area contributed by atoms with E-state index in [-0.39, 0.29) is 5.56 Å². The normalized spacial score (nSPS) is 11.5. The Labute approximate surface area is 260 Å². The van der Waals surface area contributed by atoms with Crippen molar-refractivity contribution in [2.45, 2.75) is 5.92 Å². The number of aromatic nitrogens is 3. The first-order chi connectivity index (χ1) is 18.6. The van der Waals surface area contributed by atoms with Crippen LogP contribution in [0.5, 0.6) is 0 Å². The van der Waals surface area contributed by atoms with E-state index in [0.29, 0.717) is 48.0 Å². The molecule has 1 unspecified atom stereocenters. The van der Waals surface area contributed by atoms with Crippen LogP contribution in [-0.2, 0) is 4.79 Å². The molecule has 0 aliphatic heterocycles. The maximum atomic E-state index is 12.2. The summed E-state index contributed by atoms with van der Waals surface area (Å²) in [7, 11) is 0. The van der Waals surface area contributed by atoms with Crippen LogP contribution in [0.4, 0.5) is 0 Å². The first kappa shape index (κ1) is 29.5. The highest BCUT2D eigenvalue weighted by Gasteiger charge is 2.26. The number of nitrogens with two attached hydrogens (primary N) is 1. The van der Waals surface area contributed by atoms with Gasteiger partial charge < -0.3 is 10.1 Å². The Morgan fingerprint density at radius 3 is 1.95 bits per heavy atom. The first-order valence-electron chi connectivity index (χ1n) is 11.0. The van der Waals surface area contributed by atoms with Crippen molar-refractivity contribution in [3.63, 3.8) is 0 Å². The Balaban J connectivity index is 0.000000181. The van der Waals surface area contributed by atoms with E-state index >= 15 is 0 Å². The Hall–Kier alpha value is -2.46. The summed E-state index contributed by atoms with van der Waals surface area (Å²) in [5.74, 6) is -1.32. The van der Waals surface area contributed by atoms with Gasteiger partial charge in [-0.2, -0.15) is 4.98 Å². The van der Waals surface area contributed by atoms with Crippen LogP contribution in [0.1, 0.15) is 17.2 Å². The van der Waals surface area contributed by atoms with Gasteiger partial charge in [0.15, 0.2) is 0 Å². The lowest BCUT2D eigenvalue weighted by atomic mass is 9.94. The zero-order chi connectivity index (χ0) is 28.3. The van der Waals surface area contributed by atoms with Gasteiger partial charge in [0, 0.05) is 42.5 Å². The second kappa shape index (κ2) is 12.8. The molecule has 0 bridgehead atoms. The number of fused-ring (bicyclic) bond motifs is 1. The lowest BCUT2D eigenvalue weighted by Crippen LogP contribution is -2.23. The fourth-order valence-electron chi connectivity index (χ4n) is 3.84. The molecule has 0 aliphatic rings. The minimum absolute atomic E-state index is 0.359. The number of rotatable bonds is 4. The molecule has 0 aliphatic carbocycles. The molecule has 1 amide bonds. The quantitative estimate of drug-likeness (QED) is 0.202. The summed E-state index contributed by atoms with van der Waals surface area (Å²) in [6, 6.07) is 17.3. The van der Waals surface area contributed by atoms with Gasteiger partial charge in [0.05, 0.1) is 26.8 Å². The summed E-state index contributed by atoms with van der Waals surface area (Å²) in [6.45, 7) is 0. The largest absolute Gasteiger partial charge is 0.369 e. The van der Waals surface area contributed by atoms with Crippen LogP contribution in [0, 0.1) is 0 Å². The molecule has 0 saturated heterocycles. The van der Waals surface area contributed by atoms with E-state index in [0.717, 1.165) is 8.95 Å². The summed E-state index contributed by atoms with van der Waals surface area (Å²) in [4.78, 5) is 32.0. The summed E-state index contributed by atoms with van der Waals surface area (Å²) < 4.78 is 3.44. The van der Waals surface area contributed by atoms with E-state index in [1.165, 1.54) is 6.33 Å². The van der Waals surface area contributed by atoms with Crippen molar-refractivity contribution in [3.05, 3.63) is 130 Å². The summed E-state index contributed by atoms with van der Waals surface area (Å²) in [5.41, 5.74) is 7.70. The zero-order valence-electron chi connectivity index (χ0n) is 19.6. The smallest absolute Gasteiger partial charge is 0.281 e. The molecule has 0 fully saturated rings. The van der Waals surface area contributed by atoms with Crippen molar-refractivity contribution in [1.29, 1.82) is 0 Å². The molecule has 3 heterocycles. The third-order valence-electron chi connectivity index (χ3n) is 5.54. The predicted octanol–water partition coefficient (Wildman–Crippen LogP) is 8.20. The van der Waals surface area contributed by atoms with Gasteiger partial charge in [-0.25, -0.2) is 0 Å². The summed E-state index contributed by atoms with van der Waals surface area (Å²) in [6.07, 6.45) is 4.88. The van der Waals surface area contributed by atoms with Crippen LogP contribution in [0.3, 0.4) is 0 Å². The zero-order valence-corrected chi connectivity index (χ0v) is 25.8. The number of nitrogens with zero attached hydrogens (tertiary/aromatic N) is 3. The van der Waals surface area contributed by atoms with Crippen LogP contribution < -0.4 is 11.3 Å². The number of hydrogen-bond acceptors (Lipinski definition) is 4. The summed E-state index contributed by atoms with van der Waals surface area (Å²) in [5, 5.41) is 1.63. The lowest BCUT2D eigenvalue weighted by molar-refractivity contribution is -0.118. The van der Waals surface area contributed by atoms with Gasteiger partial charge in [-0.15, -0.1) is 0 Å². The topological polar surface area (TPSA) is 90.4 Å². The van der Waals surface area contributed by atoms with Crippen molar-refractivity contribution < 1.29 is 4.79 Å². The Morgan fingerprint density at radius 1 is 0.795 bits per heavy atom. The molecule has 0 radical (unpaired) electrons. The van der Waals surface area contributed by atoms with E-state index in [1.54, 1.807) is 59.1 Å². The number of carbonyl (C=O) groups is 1. The molecule has 0 saturated carbocycles. The van der Waals surface area contributed by atoms with Crippen molar-refractivity contribution in [2.75, 3.05) is 0 Å². The third-order valence-corrected chi connectivity index (χ3v) is 7.77. The standard InChI is InChI=1S/C14H7BrCl2N2O.C13H9BrCl2N2O/c15-8-4-5-11-13(14(20)18-7-19(11)6-8)12-9(16)2-1-3-10(12)17;14-7-4-5-10(18-6-7)12(13(17)19)11-8(15)2-1-3-9(11)16/h1-7H;1-6,12H,(H2,17,19). The lowest BCUT2D eigenvalue weighted by Gasteiger charge is -2.16. The third kappa shape index (κ3) is 6.65. The Bertz CT molecular complexity index is 1710. The maximum absolute atomic E-state index is 12.2. The highest BCUT2D eigenvalue weighted by molar-refractivity contribution is 9.10. The number of benzene rings is 2. The molecule has 12 heteroatoms. The molecule has 1 atom stereocenters. The van der Waals surface area contributed by atoms with Crippen molar-refractivity contribution in [2.24, 2.45) is 5.73 Å². The monoisotopic (exact) mass is 726 g/mol. The average molecular weight is 730 g/mol. The second-order valence-electron chi connectivity index (χ2n) is 8.03. The van der Waals surface area contributed by atoms with Gasteiger partial charge in [-0.05, 0) is 80.4 Å². The fraction of sp³-hybridized carbons (Fsp3) is 0.0370. The first-order valence-corrected chi connectivity index (χ1v) is 14.1. The van der Waals surface area contributed by atoms with Crippen molar-refractivity contribution in [1.82, 2.24) is 14.4 Å². The minimum atomic E-state index is -0.769. The minimum Gasteiger partial charge on any atom is -0.369 e.